The lowest BCUT2D eigenvalue weighted by molar-refractivity contribution is 0.475. The van der Waals surface area contributed by atoms with E-state index in [1.807, 2.05) is 24.3 Å². The topological polar surface area (TPSA) is 40.5 Å². The van der Waals surface area contributed by atoms with E-state index in [2.05, 4.69) is 182 Å². The molecule has 0 bridgehead atoms. The minimum atomic E-state index is -0.775. The van der Waals surface area contributed by atoms with Crippen molar-refractivity contribution in [3.63, 3.8) is 0 Å². The Morgan fingerprint density at radius 3 is 1.04 bits per heavy atom. The SMILES string of the molecule is Oc1ccc2cc(C3(c4ccc5cc(O)ccc5c4)c4cccc(-c5ccc6ccc7cccc8ccc5c6c78)c4-c4c(-c5ccc6ccc7cccc8ccc5c6c78)cccc43)ccc2c1. The first kappa shape index (κ1) is 36.6. The molecule has 310 valence electrons. The predicted molar refractivity (Wildman–Crippen MR) is 280 cm³/mol. The van der Waals surface area contributed by atoms with E-state index in [4.69, 9.17) is 0 Å². The Morgan fingerprint density at radius 1 is 0.254 bits per heavy atom. The fourth-order valence-corrected chi connectivity index (χ4v) is 12.5. The smallest absolute Gasteiger partial charge is 0.116 e. The van der Waals surface area contributed by atoms with Crippen LogP contribution in [0.15, 0.2) is 218 Å². The van der Waals surface area contributed by atoms with Crippen LogP contribution in [0.5, 0.6) is 11.5 Å². The zero-order valence-corrected chi connectivity index (χ0v) is 36.2. The van der Waals surface area contributed by atoms with Gasteiger partial charge in [0.2, 0.25) is 0 Å². The molecular weight excluding hydrogens is 813 g/mol. The molecule has 0 atom stereocenters. The number of phenols is 2. The first-order valence-electron chi connectivity index (χ1n) is 23.1. The van der Waals surface area contributed by atoms with Crippen molar-refractivity contribution in [1.29, 1.82) is 0 Å². The van der Waals surface area contributed by atoms with Gasteiger partial charge in [0.1, 0.15) is 11.5 Å². The molecule has 2 heteroatoms. The van der Waals surface area contributed by atoms with Crippen molar-refractivity contribution >= 4 is 86.2 Å². The summed E-state index contributed by atoms with van der Waals surface area (Å²) in [6.45, 7) is 0. The average Bonchev–Trinajstić information content (AvgIpc) is 3.68. The first-order chi connectivity index (χ1) is 33.0. The van der Waals surface area contributed by atoms with E-state index < -0.39 is 5.41 Å². The van der Waals surface area contributed by atoms with Gasteiger partial charge in [-0.1, -0.05) is 182 Å². The Balaban J connectivity index is 1.12. The van der Waals surface area contributed by atoms with Gasteiger partial charge in [0.25, 0.3) is 0 Å². The van der Waals surface area contributed by atoms with Crippen molar-refractivity contribution < 1.29 is 10.2 Å². The number of phenolic OH excluding ortho intramolecular Hbond substituents is 2. The third-order valence-electron chi connectivity index (χ3n) is 15.3. The van der Waals surface area contributed by atoms with Gasteiger partial charge >= 0.3 is 0 Å². The lowest BCUT2D eigenvalue weighted by Gasteiger charge is -2.34. The Morgan fingerprint density at radius 2 is 0.597 bits per heavy atom. The fourth-order valence-electron chi connectivity index (χ4n) is 12.5. The van der Waals surface area contributed by atoms with Crippen molar-refractivity contribution in [2.45, 2.75) is 5.41 Å². The monoisotopic (exact) mass is 850 g/mol. The number of benzene rings is 14. The largest absolute Gasteiger partial charge is 0.508 e. The van der Waals surface area contributed by atoms with E-state index >= 15 is 0 Å². The molecule has 0 saturated carbocycles. The average molecular weight is 851 g/mol. The number of hydrogen-bond acceptors (Lipinski definition) is 2. The Labute approximate surface area is 385 Å². The summed E-state index contributed by atoms with van der Waals surface area (Å²) in [5.41, 5.74) is 11.2. The third-order valence-corrected chi connectivity index (χ3v) is 15.3. The molecule has 0 aromatic heterocycles. The van der Waals surface area contributed by atoms with E-state index in [0.29, 0.717) is 0 Å². The molecule has 0 heterocycles. The maximum atomic E-state index is 10.6. The highest BCUT2D eigenvalue weighted by Crippen LogP contribution is 2.62. The normalized spacial score (nSPS) is 13.3. The van der Waals surface area contributed by atoms with Gasteiger partial charge in [-0.25, -0.2) is 0 Å². The van der Waals surface area contributed by atoms with Crippen molar-refractivity contribution in [3.8, 4) is 44.9 Å². The highest BCUT2D eigenvalue weighted by molar-refractivity contribution is 6.28. The van der Waals surface area contributed by atoms with E-state index in [1.54, 1.807) is 12.1 Å². The first-order valence-corrected chi connectivity index (χ1v) is 23.1. The van der Waals surface area contributed by atoms with Crippen molar-refractivity contribution in [2.24, 2.45) is 0 Å². The van der Waals surface area contributed by atoms with Crippen LogP contribution in [0.2, 0.25) is 0 Å². The fraction of sp³-hybridized carbons (Fsp3) is 0.0154. The third kappa shape index (κ3) is 4.89. The summed E-state index contributed by atoms with van der Waals surface area (Å²) in [6.07, 6.45) is 0. The van der Waals surface area contributed by atoms with Crippen molar-refractivity contribution in [2.75, 3.05) is 0 Å². The Kier molecular flexibility index (Phi) is 7.21. The molecule has 0 amide bonds. The minimum absolute atomic E-state index is 0.250. The van der Waals surface area contributed by atoms with Crippen molar-refractivity contribution in [1.82, 2.24) is 0 Å². The quantitative estimate of drug-likeness (QED) is 0.173. The highest BCUT2D eigenvalue weighted by Gasteiger charge is 2.48. The van der Waals surface area contributed by atoms with Gasteiger partial charge in [-0.3, -0.25) is 0 Å². The molecule has 0 saturated heterocycles. The molecular formula is C65H38O2. The summed E-state index contributed by atoms with van der Waals surface area (Å²) in [7, 11) is 0. The lowest BCUT2D eigenvalue weighted by atomic mass is 9.67. The van der Waals surface area contributed by atoms with Gasteiger partial charge in [-0.05, 0) is 178 Å². The van der Waals surface area contributed by atoms with Crippen LogP contribution in [0.25, 0.3) is 120 Å². The summed E-state index contributed by atoms with van der Waals surface area (Å²) in [5, 5.41) is 40.5. The summed E-state index contributed by atoms with van der Waals surface area (Å²) < 4.78 is 0. The molecule has 14 aromatic carbocycles. The Bertz CT molecular complexity index is 4110. The minimum Gasteiger partial charge on any atom is -0.508 e. The molecule has 67 heavy (non-hydrogen) atoms. The molecule has 0 aliphatic heterocycles. The number of rotatable bonds is 4. The molecule has 1 aliphatic carbocycles. The predicted octanol–water partition coefficient (Wildman–Crippen LogP) is 16.9. The van der Waals surface area contributed by atoms with Gasteiger partial charge in [0.15, 0.2) is 0 Å². The van der Waals surface area contributed by atoms with Crippen LogP contribution < -0.4 is 0 Å². The molecule has 0 unspecified atom stereocenters. The number of hydrogen-bond donors (Lipinski definition) is 2. The summed E-state index contributed by atoms with van der Waals surface area (Å²) in [4.78, 5) is 0. The number of fused-ring (bicyclic) bond motifs is 5. The second-order valence-electron chi connectivity index (χ2n) is 18.6. The van der Waals surface area contributed by atoms with E-state index in [-0.39, 0.29) is 11.5 Å². The summed E-state index contributed by atoms with van der Waals surface area (Å²) in [6, 6.07) is 79.7. The maximum absolute atomic E-state index is 10.6. The molecule has 0 radical (unpaired) electrons. The lowest BCUT2D eigenvalue weighted by Crippen LogP contribution is -2.28. The van der Waals surface area contributed by atoms with Gasteiger partial charge in [-0.2, -0.15) is 0 Å². The van der Waals surface area contributed by atoms with Crippen LogP contribution in [0.4, 0.5) is 0 Å². The summed E-state index contributed by atoms with van der Waals surface area (Å²) >= 11 is 0. The van der Waals surface area contributed by atoms with Crippen LogP contribution in [0, 0.1) is 0 Å². The molecule has 0 spiro atoms. The van der Waals surface area contributed by atoms with Crippen molar-refractivity contribution in [3.05, 3.63) is 241 Å². The molecule has 14 aromatic rings. The Hall–Kier alpha value is -8.72. The van der Waals surface area contributed by atoms with Crippen LogP contribution in [0.3, 0.4) is 0 Å². The zero-order valence-electron chi connectivity index (χ0n) is 36.2. The molecule has 0 fully saturated rings. The molecule has 15 rings (SSSR count). The second-order valence-corrected chi connectivity index (χ2v) is 18.6. The molecule has 2 nitrogen and oxygen atoms in total. The highest BCUT2D eigenvalue weighted by atomic mass is 16.3. The zero-order chi connectivity index (χ0) is 44.1. The maximum Gasteiger partial charge on any atom is 0.116 e. The molecule has 1 aliphatic rings. The van der Waals surface area contributed by atoms with Crippen LogP contribution in [-0.2, 0) is 5.41 Å². The summed E-state index contributed by atoms with van der Waals surface area (Å²) in [5.74, 6) is 0.500. The van der Waals surface area contributed by atoms with Crippen LogP contribution >= 0.6 is 0 Å². The number of aromatic hydroxyl groups is 2. The van der Waals surface area contributed by atoms with Gasteiger partial charge in [0, 0.05) is 0 Å². The van der Waals surface area contributed by atoms with Gasteiger partial charge in [-0.15, -0.1) is 0 Å². The molecule has 2 N–H and O–H groups in total. The van der Waals surface area contributed by atoms with Crippen LogP contribution in [0.1, 0.15) is 22.3 Å². The van der Waals surface area contributed by atoms with Crippen LogP contribution in [-0.4, -0.2) is 10.2 Å². The van der Waals surface area contributed by atoms with E-state index in [0.717, 1.165) is 32.7 Å². The van der Waals surface area contributed by atoms with E-state index in [9.17, 15) is 10.2 Å². The second kappa shape index (κ2) is 13.2. The van der Waals surface area contributed by atoms with E-state index in [1.165, 1.54) is 109 Å². The van der Waals surface area contributed by atoms with Gasteiger partial charge in [0.05, 0.1) is 5.41 Å². The van der Waals surface area contributed by atoms with Gasteiger partial charge < -0.3 is 10.2 Å². The standard InChI is InChI=1S/C65H38O2/c66-49-27-19-43-33-47(25-17-45(43)35-49)65(48-26-18-46-36-50(67)28-20-44(46)34-48)57-11-3-9-53(51-29-21-41-15-13-37-5-1-7-39-23-31-55(51)61(41)59(37)39)63(57)64-54(10-4-12-58(64)65)52-30-22-42-16-14-38-6-2-8-40-24-32-56(52)62(42)60(38)40/h1-36,66-67H.